The summed E-state index contributed by atoms with van der Waals surface area (Å²) in [6.07, 6.45) is 2.48. The van der Waals surface area contributed by atoms with E-state index in [9.17, 15) is 0 Å². The highest BCUT2D eigenvalue weighted by atomic mass is 32.2. The number of thioether (sulfide) groups is 1. The molecule has 84 valence electrons. The SMILES string of the molecule is CC(C)CCSCCc1ccc(N)cc1. The molecule has 0 aliphatic heterocycles. The van der Waals surface area contributed by atoms with Crippen molar-refractivity contribution in [2.75, 3.05) is 17.2 Å². The Bertz CT molecular complexity index is 266. The Morgan fingerprint density at radius 1 is 1.13 bits per heavy atom. The van der Waals surface area contributed by atoms with Crippen LogP contribution in [0.1, 0.15) is 25.8 Å². The monoisotopic (exact) mass is 223 g/mol. The van der Waals surface area contributed by atoms with Crippen LogP contribution in [0.4, 0.5) is 5.69 Å². The Hall–Kier alpha value is -0.630. The molecule has 0 radical (unpaired) electrons. The zero-order valence-electron chi connectivity index (χ0n) is 9.70. The molecule has 0 aliphatic carbocycles. The fraction of sp³-hybridized carbons (Fsp3) is 0.538. The third-order valence-electron chi connectivity index (χ3n) is 2.35. The third kappa shape index (κ3) is 5.73. The molecule has 0 saturated carbocycles. The summed E-state index contributed by atoms with van der Waals surface area (Å²) in [6, 6.07) is 8.21. The maximum atomic E-state index is 5.63. The van der Waals surface area contributed by atoms with Crippen molar-refractivity contribution in [3.05, 3.63) is 29.8 Å². The molecule has 1 aromatic carbocycles. The molecule has 0 unspecified atom stereocenters. The van der Waals surface area contributed by atoms with Crippen molar-refractivity contribution in [3.63, 3.8) is 0 Å². The van der Waals surface area contributed by atoms with Gasteiger partial charge in [0.05, 0.1) is 0 Å². The van der Waals surface area contributed by atoms with Gasteiger partial charge >= 0.3 is 0 Å². The molecule has 0 atom stereocenters. The minimum absolute atomic E-state index is 0.828. The average Bonchev–Trinajstić information content (AvgIpc) is 2.20. The fourth-order valence-electron chi connectivity index (χ4n) is 1.30. The highest BCUT2D eigenvalue weighted by molar-refractivity contribution is 7.99. The molecule has 0 bridgehead atoms. The second kappa shape index (κ2) is 6.78. The third-order valence-corrected chi connectivity index (χ3v) is 3.37. The summed E-state index contributed by atoms with van der Waals surface area (Å²) in [6.45, 7) is 4.56. The van der Waals surface area contributed by atoms with Crippen LogP contribution < -0.4 is 5.73 Å². The van der Waals surface area contributed by atoms with Crippen LogP contribution in [0.25, 0.3) is 0 Å². The van der Waals surface area contributed by atoms with Gasteiger partial charge in [0.15, 0.2) is 0 Å². The largest absolute Gasteiger partial charge is 0.399 e. The van der Waals surface area contributed by atoms with Crippen molar-refractivity contribution in [3.8, 4) is 0 Å². The minimum atomic E-state index is 0.828. The van der Waals surface area contributed by atoms with Gasteiger partial charge < -0.3 is 5.73 Å². The maximum Gasteiger partial charge on any atom is 0.0314 e. The topological polar surface area (TPSA) is 26.0 Å². The quantitative estimate of drug-likeness (QED) is 0.589. The standard InChI is InChI=1S/C13H21NS/c1-11(2)7-9-15-10-8-12-3-5-13(14)6-4-12/h3-6,11H,7-10,14H2,1-2H3. The lowest BCUT2D eigenvalue weighted by molar-refractivity contribution is 0.632. The lowest BCUT2D eigenvalue weighted by atomic mass is 10.1. The lowest BCUT2D eigenvalue weighted by Crippen LogP contribution is -1.94. The molecule has 1 aromatic rings. The molecule has 0 amide bonds. The van der Waals surface area contributed by atoms with E-state index in [1.807, 2.05) is 23.9 Å². The fourth-order valence-corrected chi connectivity index (χ4v) is 2.52. The van der Waals surface area contributed by atoms with E-state index in [-0.39, 0.29) is 0 Å². The van der Waals surface area contributed by atoms with Gasteiger partial charge in [-0.25, -0.2) is 0 Å². The average molecular weight is 223 g/mol. The van der Waals surface area contributed by atoms with Gasteiger partial charge in [-0.2, -0.15) is 11.8 Å². The van der Waals surface area contributed by atoms with Gasteiger partial charge in [-0.3, -0.25) is 0 Å². The van der Waals surface area contributed by atoms with Gasteiger partial charge in [-0.1, -0.05) is 26.0 Å². The van der Waals surface area contributed by atoms with Crippen LogP contribution in [0.15, 0.2) is 24.3 Å². The number of nitrogen functional groups attached to an aromatic ring is 1. The van der Waals surface area contributed by atoms with Crippen molar-refractivity contribution >= 4 is 17.4 Å². The molecule has 0 spiro atoms. The molecule has 0 saturated heterocycles. The molecule has 0 fully saturated rings. The molecule has 2 heteroatoms. The van der Waals surface area contributed by atoms with E-state index >= 15 is 0 Å². The first kappa shape index (κ1) is 12.4. The van der Waals surface area contributed by atoms with E-state index in [0.29, 0.717) is 0 Å². The van der Waals surface area contributed by atoms with Crippen LogP contribution in [0.2, 0.25) is 0 Å². The van der Waals surface area contributed by atoms with Gasteiger partial charge in [-0.05, 0) is 48.0 Å². The summed E-state index contributed by atoms with van der Waals surface area (Å²) < 4.78 is 0. The number of aryl methyl sites for hydroxylation is 1. The Labute approximate surface area is 97.4 Å². The molecule has 1 nitrogen and oxygen atoms in total. The Kier molecular flexibility index (Phi) is 5.62. The van der Waals surface area contributed by atoms with Crippen LogP contribution in [-0.2, 0) is 6.42 Å². The molecule has 0 heterocycles. The number of benzene rings is 1. The summed E-state index contributed by atoms with van der Waals surface area (Å²) in [5.74, 6) is 3.33. The first-order valence-corrected chi connectivity index (χ1v) is 6.76. The van der Waals surface area contributed by atoms with E-state index in [2.05, 4.69) is 26.0 Å². The number of anilines is 1. The van der Waals surface area contributed by atoms with Crippen LogP contribution >= 0.6 is 11.8 Å². The Morgan fingerprint density at radius 2 is 1.80 bits per heavy atom. The predicted octanol–water partition coefficient (Wildman–Crippen LogP) is 3.59. The highest BCUT2D eigenvalue weighted by Crippen LogP contribution is 2.12. The van der Waals surface area contributed by atoms with Crippen LogP contribution in [0.3, 0.4) is 0 Å². The first-order chi connectivity index (χ1) is 7.18. The molecule has 1 rings (SSSR count). The van der Waals surface area contributed by atoms with Crippen molar-refractivity contribution in [1.29, 1.82) is 0 Å². The van der Waals surface area contributed by atoms with Crippen molar-refractivity contribution < 1.29 is 0 Å². The van der Waals surface area contributed by atoms with Gasteiger partial charge in [0.1, 0.15) is 0 Å². The van der Waals surface area contributed by atoms with Crippen LogP contribution in [-0.4, -0.2) is 11.5 Å². The van der Waals surface area contributed by atoms with Gasteiger partial charge in [0.2, 0.25) is 0 Å². The summed E-state index contributed by atoms with van der Waals surface area (Å²) in [4.78, 5) is 0. The lowest BCUT2D eigenvalue weighted by Gasteiger charge is -2.04. The number of nitrogens with two attached hydrogens (primary N) is 1. The Balaban J connectivity index is 2.12. The van der Waals surface area contributed by atoms with E-state index in [4.69, 9.17) is 5.73 Å². The summed E-state index contributed by atoms with van der Waals surface area (Å²) in [7, 11) is 0. The zero-order valence-corrected chi connectivity index (χ0v) is 10.5. The first-order valence-electron chi connectivity index (χ1n) is 5.60. The summed E-state index contributed by atoms with van der Waals surface area (Å²) in [5, 5.41) is 0. The van der Waals surface area contributed by atoms with E-state index in [1.54, 1.807) is 0 Å². The van der Waals surface area contributed by atoms with Crippen molar-refractivity contribution in [2.24, 2.45) is 5.92 Å². The van der Waals surface area contributed by atoms with Crippen molar-refractivity contribution in [2.45, 2.75) is 26.7 Å². The molecule has 0 aromatic heterocycles. The second-order valence-electron chi connectivity index (χ2n) is 4.29. The van der Waals surface area contributed by atoms with E-state index in [1.165, 1.54) is 23.5 Å². The minimum Gasteiger partial charge on any atom is -0.399 e. The molecular formula is C13H21NS. The van der Waals surface area contributed by atoms with Crippen molar-refractivity contribution in [1.82, 2.24) is 0 Å². The maximum absolute atomic E-state index is 5.63. The van der Waals surface area contributed by atoms with Crippen LogP contribution in [0.5, 0.6) is 0 Å². The zero-order chi connectivity index (χ0) is 11.1. The van der Waals surface area contributed by atoms with E-state index in [0.717, 1.165) is 18.0 Å². The normalized spacial score (nSPS) is 10.9. The van der Waals surface area contributed by atoms with Gasteiger partial charge in [0.25, 0.3) is 0 Å². The number of hydrogen-bond acceptors (Lipinski definition) is 2. The van der Waals surface area contributed by atoms with Gasteiger partial charge in [-0.15, -0.1) is 0 Å². The molecule has 15 heavy (non-hydrogen) atoms. The summed E-state index contributed by atoms with van der Waals surface area (Å²) in [5.41, 5.74) is 7.87. The molecule has 2 N–H and O–H groups in total. The Morgan fingerprint density at radius 3 is 2.40 bits per heavy atom. The second-order valence-corrected chi connectivity index (χ2v) is 5.51. The van der Waals surface area contributed by atoms with Crippen LogP contribution in [0, 0.1) is 5.92 Å². The number of rotatable bonds is 6. The number of hydrogen-bond donors (Lipinski definition) is 1. The molecular weight excluding hydrogens is 202 g/mol. The van der Waals surface area contributed by atoms with Gasteiger partial charge in [0, 0.05) is 5.69 Å². The van der Waals surface area contributed by atoms with E-state index < -0.39 is 0 Å². The summed E-state index contributed by atoms with van der Waals surface area (Å²) >= 11 is 2.05. The smallest absolute Gasteiger partial charge is 0.0314 e. The highest BCUT2D eigenvalue weighted by Gasteiger charge is 1.96. The predicted molar refractivity (Wildman–Crippen MR) is 71.3 cm³/mol. The molecule has 0 aliphatic rings.